The first kappa shape index (κ1) is 41.5. The number of hydrogen-bond acceptors (Lipinski definition) is 8. The highest BCUT2D eigenvalue weighted by molar-refractivity contribution is 5.70. The van der Waals surface area contributed by atoms with E-state index in [1.165, 1.54) is 38.5 Å². The van der Waals surface area contributed by atoms with Crippen LogP contribution in [0.1, 0.15) is 210 Å². The Morgan fingerprint density at radius 3 is 1.04 bits per heavy atom. The molecule has 0 N–H and O–H groups in total. The van der Waals surface area contributed by atoms with Crippen LogP contribution in [0.15, 0.2) is 0 Å². The van der Waals surface area contributed by atoms with Crippen molar-refractivity contribution >= 4 is 11.9 Å². The predicted molar refractivity (Wildman–Crippen MR) is 200 cm³/mol. The largest absolute Gasteiger partial charge is 0.462 e. The van der Waals surface area contributed by atoms with Crippen LogP contribution in [0.5, 0.6) is 0 Å². The molecule has 50 heavy (non-hydrogen) atoms. The van der Waals surface area contributed by atoms with E-state index in [0.29, 0.717) is 12.8 Å². The number of hydrogen-bond donors (Lipinski definition) is 0. The summed E-state index contributed by atoms with van der Waals surface area (Å²) in [6, 6.07) is 0. The van der Waals surface area contributed by atoms with E-state index in [1.54, 1.807) is 0 Å². The highest BCUT2D eigenvalue weighted by Gasteiger charge is 2.51. The van der Waals surface area contributed by atoms with Gasteiger partial charge >= 0.3 is 11.9 Å². The molecule has 2 aliphatic carbocycles. The van der Waals surface area contributed by atoms with Gasteiger partial charge in [-0.2, -0.15) is 10.1 Å². The fraction of sp³-hybridized carbons (Fsp3) is 0.952. The lowest BCUT2D eigenvalue weighted by molar-refractivity contribution is -0.345. The summed E-state index contributed by atoms with van der Waals surface area (Å²) in [6.07, 6.45) is 21.7. The third kappa shape index (κ3) is 11.6. The lowest BCUT2D eigenvalue weighted by Crippen LogP contribution is -2.64. The zero-order valence-corrected chi connectivity index (χ0v) is 34.1. The molecule has 2 heterocycles. The summed E-state index contributed by atoms with van der Waals surface area (Å²) in [7, 11) is 0. The van der Waals surface area contributed by atoms with E-state index in [9.17, 15) is 9.59 Å². The van der Waals surface area contributed by atoms with Crippen LogP contribution in [0, 0.1) is 0 Å². The summed E-state index contributed by atoms with van der Waals surface area (Å²) in [4.78, 5) is 39.2. The first-order valence-electron chi connectivity index (χ1n) is 20.6. The second-order valence-corrected chi connectivity index (χ2v) is 19.7. The number of ether oxygens (including phenoxy) is 2. The van der Waals surface area contributed by atoms with Gasteiger partial charge in [-0.3, -0.25) is 19.3 Å². The van der Waals surface area contributed by atoms with Gasteiger partial charge in [-0.05, 0) is 108 Å². The van der Waals surface area contributed by atoms with Gasteiger partial charge in [0.25, 0.3) is 0 Å². The molecular weight excluding hydrogens is 628 g/mol. The summed E-state index contributed by atoms with van der Waals surface area (Å²) < 4.78 is 12.1. The minimum atomic E-state index is -0.216. The Hall–Kier alpha value is -1.22. The third-order valence-electron chi connectivity index (χ3n) is 12.2. The number of esters is 2. The smallest absolute Gasteiger partial charge is 0.306 e. The SMILES string of the molecule is CC1(ON2C(C)(C)CC(OC(=O)CCCCCCCCC(=O)OC3CC(C)(C)N(OC4(C)CCCCC4)C(C)(C)C3)CC2(C)C)CCCCC1. The topological polar surface area (TPSA) is 77.5 Å². The number of hydroxylamine groups is 4. The second-order valence-electron chi connectivity index (χ2n) is 19.7. The number of nitrogens with zero attached hydrogens (tertiary/aromatic N) is 2. The lowest BCUT2D eigenvalue weighted by Gasteiger charge is -2.56. The van der Waals surface area contributed by atoms with Crippen molar-refractivity contribution in [2.24, 2.45) is 0 Å². The Morgan fingerprint density at radius 2 is 0.740 bits per heavy atom. The zero-order chi connectivity index (χ0) is 36.8. The molecule has 2 saturated heterocycles. The summed E-state index contributed by atoms with van der Waals surface area (Å²) in [5.41, 5.74) is -1.07. The van der Waals surface area contributed by atoms with E-state index >= 15 is 0 Å². The van der Waals surface area contributed by atoms with Crippen LogP contribution in [0.4, 0.5) is 0 Å². The highest BCUT2D eigenvalue weighted by atomic mass is 16.7. The summed E-state index contributed by atoms with van der Waals surface area (Å²) in [5, 5.41) is 4.46. The molecule has 0 aromatic rings. The molecule has 0 aromatic heterocycles. The van der Waals surface area contributed by atoms with Crippen molar-refractivity contribution < 1.29 is 28.7 Å². The van der Waals surface area contributed by atoms with Crippen LogP contribution in [-0.2, 0) is 28.7 Å². The number of carbonyl (C=O) groups excluding carboxylic acids is 2. The molecular formula is C42H76N2O6. The molecule has 0 atom stereocenters. The van der Waals surface area contributed by atoms with Crippen LogP contribution in [0.25, 0.3) is 0 Å². The van der Waals surface area contributed by atoms with Crippen LogP contribution >= 0.6 is 0 Å². The van der Waals surface area contributed by atoms with E-state index in [-0.39, 0.29) is 57.5 Å². The Bertz CT molecular complexity index is 982. The molecule has 8 heteroatoms. The van der Waals surface area contributed by atoms with Gasteiger partial charge in [0.05, 0.1) is 11.2 Å². The lowest BCUT2D eigenvalue weighted by atomic mass is 9.79. The number of piperidine rings is 2. The maximum atomic E-state index is 12.8. The molecule has 4 rings (SSSR count). The van der Waals surface area contributed by atoms with Crippen molar-refractivity contribution in [1.82, 2.24) is 10.1 Å². The molecule has 4 aliphatic rings. The molecule has 0 bridgehead atoms. The Labute approximate surface area is 306 Å². The van der Waals surface area contributed by atoms with Crippen molar-refractivity contribution in [3.63, 3.8) is 0 Å². The van der Waals surface area contributed by atoms with Gasteiger partial charge in [0.1, 0.15) is 12.2 Å². The van der Waals surface area contributed by atoms with Crippen molar-refractivity contribution in [1.29, 1.82) is 0 Å². The fourth-order valence-corrected chi connectivity index (χ4v) is 9.96. The molecule has 8 nitrogen and oxygen atoms in total. The van der Waals surface area contributed by atoms with Crippen molar-refractivity contribution in [2.45, 2.75) is 256 Å². The maximum Gasteiger partial charge on any atom is 0.306 e. The average Bonchev–Trinajstić information content (AvgIpc) is 2.98. The van der Waals surface area contributed by atoms with Gasteiger partial charge in [-0.15, -0.1) is 0 Å². The standard InChI is InChI=1S/C42H76N2O6/c1-37(2)29-33(30-38(3,4)43(37)49-41(9)25-19-15-20-26-41)47-35(45)23-17-13-11-12-14-18-24-36(46)48-34-31-39(5,6)44(40(7,8)32-34)50-42(10)27-21-16-22-28-42/h33-34H,11-32H2,1-10H3. The zero-order valence-electron chi connectivity index (χ0n) is 34.1. The molecule has 0 spiro atoms. The number of unbranched alkanes of at least 4 members (excludes halogenated alkanes) is 5. The van der Waals surface area contributed by atoms with Gasteiger partial charge in [0.2, 0.25) is 0 Å². The average molecular weight is 705 g/mol. The Balaban J connectivity index is 1.08. The van der Waals surface area contributed by atoms with Gasteiger partial charge in [-0.1, -0.05) is 64.2 Å². The van der Waals surface area contributed by atoms with Gasteiger partial charge in [0, 0.05) is 60.7 Å². The van der Waals surface area contributed by atoms with Gasteiger partial charge < -0.3 is 9.47 Å². The van der Waals surface area contributed by atoms with Crippen LogP contribution in [0.3, 0.4) is 0 Å². The Morgan fingerprint density at radius 1 is 0.460 bits per heavy atom. The normalized spacial score (nSPS) is 26.7. The van der Waals surface area contributed by atoms with Crippen molar-refractivity contribution in [3.05, 3.63) is 0 Å². The second kappa shape index (κ2) is 16.8. The predicted octanol–water partition coefficient (Wildman–Crippen LogP) is 10.5. The van der Waals surface area contributed by atoms with E-state index in [1.807, 2.05) is 0 Å². The van der Waals surface area contributed by atoms with Crippen LogP contribution in [-0.4, -0.2) is 67.6 Å². The molecule has 0 unspecified atom stereocenters. The summed E-state index contributed by atoms with van der Waals surface area (Å²) in [6.45, 7) is 22.3. The molecule has 0 aromatic carbocycles. The molecule has 290 valence electrons. The van der Waals surface area contributed by atoms with E-state index in [0.717, 1.165) is 89.9 Å². The monoisotopic (exact) mass is 705 g/mol. The minimum absolute atomic E-state index is 0.0788. The highest BCUT2D eigenvalue weighted by Crippen LogP contribution is 2.45. The van der Waals surface area contributed by atoms with Crippen molar-refractivity contribution in [3.8, 4) is 0 Å². The quantitative estimate of drug-likeness (QED) is 0.123. The molecule has 0 amide bonds. The van der Waals surface area contributed by atoms with Gasteiger partial charge in [0.15, 0.2) is 0 Å². The Kier molecular flexibility index (Phi) is 14.0. The van der Waals surface area contributed by atoms with E-state index < -0.39 is 0 Å². The minimum Gasteiger partial charge on any atom is -0.462 e. The molecule has 2 aliphatic heterocycles. The first-order chi connectivity index (χ1) is 23.2. The summed E-state index contributed by atoms with van der Waals surface area (Å²) >= 11 is 0. The fourth-order valence-electron chi connectivity index (χ4n) is 9.96. The maximum absolute atomic E-state index is 12.8. The van der Waals surface area contributed by atoms with Crippen molar-refractivity contribution in [2.75, 3.05) is 0 Å². The van der Waals surface area contributed by atoms with Crippen LogP contribution < -0.4 is 0 Å². The summed E-state index contributed by atoms with van der Waals surface area (Å²) in [5.74, 6) is -0.158. The number of carbonyl (C=O) groups is 2. The molecule has 4 fully saturated rings. The van der Waals surface area contributed by atoms with E-state index in [2.05, 4.69) is 79.4 Å². The molecule has 0 radical (unpaired) electrons. The van der Waals surface area contributed by atoms with Crippen LogP contribution in [0.2, 0.25) is 0 Å². The first-order valence-corrected chi connectivity index (χ1v) is 20.6. The number of rotatable bonds is 15. The van der Waals surface area contributed by atoms with Gasteiger partial charge in [-0.25, -0.2) is 0 Å². The van der Waals surface area contributed by atoms with E-state index in [4.69, 9.17) is 19.1 Å². The molecule has 2 saturated carbocycles. The third-order valence-corrected chi connectivity index (χ3v) is 12.2.